The van der Waals surface area contributed by atoms with E-state index in [2.05, 4.69) is 9.97 Å². The van der Waals surface area contributed by atoms with E-state index in [0.29, 0.717) is 39.9 Å². The van der Waals surface area contributed by atoms with Crippen molar-refractivity contribution < 1.29 is 22.7 Å². The van der Waals surface area contributed by atoms with Crippen molar-refractivity contribution in [1.82, 2.24) is 14.7 Å². The largest absolute Gasteiger partial charge is 0.476 e. The lowest BCUT2D eigenvalue weighted by molar-refractivity contribution is 0.0982. The van der Waals surface area contributed by atoms with Gasteiger partial charge in [0.15, 0.2) is 0 Å². The molecule has 3 aromatic rings. The minimum Gasteiger partial charge on any atom is -0.476 e. The Morgan fingerprint density at radius 3 is 2.60 bits per heavy atom. The van der Waals surface area contributed by atoms with Crippen LogP contribution >= 0.6 is 11.6 Å². The first kappa shape index (κ1) is 21.8. The Kier molecular flexibility index (Phi) is 6.42. The molecule has 0 aliphatic carbocycles. The molecule has 1 aromatic carbocycles. The number of sulfonamides is 1. The molecule has 1 amide bonds. The Morgan fingerprint density at radius 2 is 1.93 bits per heavy atom. The minimum absolute atomic E-state index is 0.196. The number of fused-ring (bicyclic) bond motifs is 1. The molecule has 0 saturated carbocycles. The molecule has 0 spiro atoms. The van der Waals surface area contributed by atoms with E-state index in [1.54, 1.807) is 24.3 Å². The number of benzene rings is 1. The normalized spacial score (nSPS) is 11.5. The van der Waals surface area contributed by atoms with E-state index in [4.69, 9.17) is 21.1 Å². The second-order valence-corrected chi connectivity index (χ2v) is 9.18. The maximum atomic E-state index is 12.1. The van der Waals surface area contributed by atoms with E-state index >= 15 is 0 Å². The van der Waals surface area contributed by atoms with Crippen molar-refractivity contribution in [2.45, 2.75) is 13.8 Å². The first-order chi connectivity index (χ1) is 14.1. The second kappa shape index (κ2) is 8.85. The van der Waals surface area contributed by atoms with Gasteiger partial charge >= 0.3 is 0 Å². The topological polar surface area (TPSA) is 107 Å². The summed E-state index contributed by atoms with van der Waals surface area (Å²) in [5.74, 6) is 0.604. The first-order valence-electron chi connectivity index (χ1n) is 8.99. The van der Waals surface area contributed by atoms with Crippen LogP contribution < -0.4 is 14.2 Å². The molecule has 30 heavy (non-hydrogen) atoms. The second-order valence-electron chi connectivity index (χ2n) is 7.02. The number of nitrogens with one attached hydrogen (secondary N) is 1. The fourth-order valence-corrected chi connectivity index (χ4v) is 3.19. The van der Waals surface area contributed by atoms with Crippen LogP contribution in [0.15, 0.2) is 42.7 Å². The van der Waals surface area contributed by atoms with Crippen molar-refractivity contribution in [2.24, 2.45) is 5.92 Å². The van der Waals surface area contributed by atoms with Crippen molar-refractivity contribution in [3.05, 3.63) is 53.3 Å². The van der Waals surface area contributed by atoms with Crippen LogP contribution in [0.2, 0.25) is 5.02 Å². The van der Waals surface area contributed by atoms with Gasteiger partial charge in [-0.05, 0) is 35.6 Å². The number of halogens is 1. The zero-order chi connectivity index (χ0) is 21.9. The molecule has 0 saturated heterocycles. The number of ether oxygens (including phenoxy) is 2. The predicted octanol–water partition coefficient (Wildman–Crippen LogP) is 3.80. The number of carbonyl (C=O) groups is 1. The number of hydrogen-bond acceptors (Lipinski definition) is 7. The summed E-state index contributed by atoms with van der Waals surface area (Å²) in [4.78, 5) is 20.5. The lowest BCUT2D eigenvalue weighted by Gasteiger charge is -2.11. The Morgan fingerprint density at radius 1 is 1.17 bits per heavy atom. The number of carbonyl (C=O) groups excluding carboxylic acids is 1. The predicted molar refractivity (Wildman–Crippen MR) is 114 cm³/mol. The third-order valence-corrected chi connectivity index (χ3v) is 4.65. The van der Waals surface area contributed by atoms with Gasteiger partial charge in [-0.2, -0.15) is 0 Å². The summed E-state index contributed by atoms with van der Waals surface area (Å²) in [7, 11) is -3.66. The molecule has 158 valence electrons. The summed E-state index contributed by atoms with van der Waals surface area (Å²) in [6.07, 6.45) is 3.92. The molecular weight excluding hydrogens is 430 g/mol. The average molecular weight is 450 g/mol. The van der Waals surface area contributed by atoms with Crippen molar-refractivity contribution in [3.8, 4) is 17.5 Å². The van der Waals surface area contributed by atoms with Gasteiger partial charge in [-0.25, -0.2) is 23.1 Å². The van der Waals surface area contributed by atoms with E-state index < -0.39 is 15.9 Å². The maximum Gasteiger partial charge on any atom is 0.264 e. The Hall–Kier alpha value is -2.91. The molecule has 0 bridgehead atoms. The highest BCUT2D eigenvalue weighted by Gasteiger charge is 2.14. The molecule has 0 aliphatic heterocycles. The lowest BCUT2D eigenvalue weighted by atomic mass is 10.1. The van der Waals surface area contributed by atoms with Crippen LogP contribution in [0.1, 0.15) is 24.2 Å². The number of rotatable bonds is 7. The molecule has 0 unspecified atom stereocenters. The zero-order valence-corrected chi connectivity index (χ0v) is 18.1. The smallest absolute Gasteiger partial charge is 0.264 e. The standard InChI is InChI=1S/C20H20ClN3O5S/c1-12(2)11-28-20-17(21)9-15(10-23-20)29-19-16-5-4-14(8-13(16)6-7-22-19)18(25)24-30(3,26)27/h4-10,12H,11H2,1-3H3,(H,24,25). The Labute approximate surface area is 179 Å². The van der Waals surface area contributed by atoms with E-state index in [9.17, 15) is 13.2 Å². The highest BCUT2D eigenvalue weighted by molar-refractivity contribution is 7.89. The maximum absolute atomic E-state index is 12.1. The zero-order valence-electron chi connectivity index (χ0n) is 16.5. The lowest BCUT2D eigenvalue weighted by Crippen LogP contribution is -2.29. The first-order valence-corrected chi connectivity index (χ1v) is 11.3. The van der Waals surface area contributed by atoms with Crippen LogP contribution in [0.4, 0.5) is 0 Å². The average Bonchev–Trinajstić information content (AvgIpc) is 2.65. The third-order valence-electron chi connectivity index (χ3n) is 3.82. The number of aromatic nitrogens is 2. The van der Waals surface area contributed by atoms with Gasteiger partial charge in [0.1, 0.15) is 10.8 Å². The molecule has 10 heteroatoms. The van der Waals surface area contributed by atoms with Gasteiger partial charge in [-0.3, -0.25) is 4.79 Å². The fourth-order valence-electron chi connectivity index (χ4n) is 2.53. The van der Waals surface area contributed by atoms with Gasteiger partial charge in [-0.15, -0.1) is 0 Å². The van der Waals surface area contributed by atoms with Crippen molar-refractivity contribution in [2.75, 3.05) is 12.9 Å². The minimum atomic E-state index is -3.66. The van der Waals surface area contributed by atoms with Crippen LogP contribution in [-0.2, 0) is 10.0 Å². The number of pyridine rings is 2. The number of hydrogen-bond donors (Lipinski definition) is 1. The van der Waals surface area contributed by atoms with Crippen molar-refractivity contribution in [3.63, 3.8) is 0 Å². The molecule has 0 atom stereocenters. The van der Waals surface area contributed by atoms with E-state index in [0.717, 1.165) is 6.26 Å². The van der Waals surface area contributed by atoms with Gasteiger partial charge in [0.25, 0.3) is 5.91 Å². The highest BCUT2D eigenvalue weighted by atomic mass is 35.5. The molecule has 1 N–H and O–H groups in total. The Bertz CT molecular complexity index is 1200. The van der Waals surface area contributed by atoms with Crippen LogP contribution in [0.25, 0.3) is 10.8 Å². The van der Waals surface area contributed by atoms with Gasteiger partial charge in [-0.1, -0.05) is 25.4 Å². The number of amides is 1. The van der Waals surface area contributed by atoms with Crippen LogP contribution in [0, 0.1) is 5.92 Å². The summed E-state index contributed by atoms with van der Waals surface area (Å²) in [6.45, 7) is 4.54. The molecule has 2 aromatic heterocycles. The molecule has 0 radical (unpaired) electrons. The van der Waals surface area contributed by atoms with Gasteiger partial charge in [0.2, 0.25) is 21.8 Å². The summed E-state index contributed by atoms with van der Waals surface area (Å²) in [6, 6.07) is 7.94. The molecule has 8 nitrogen and oxygen atoms in total. The van der Waals surface area contributed by atoms with Gasteiger partial charge in [0, 0.05) is 23.2 Å². The Balaban J connectivity index is 1.85. The number of nitrogens with zero attached hydrogens (tertiary/aromatic N) is 2. The molecule has 0 fully saturated rings. The van der Waals surface area contributed by atoms with Gasteiger partial charge < -0.3 is 9.47 Å². The van der Waals surface area contributed by atoms with Crippen LogP contribution in [-0.4, -0.2) is 37.2 Å². The van der Waals surface area contributed by atoms with E-state index in [-0.39, 0.29) is 11.4 Å². The summed E-state index contributed by atoms with van der Waals surface area (Å²) in [5.41, 5.74) is 0.196. The van der Waals surface area contributed by atoms with Crippen molar-refractivity contribution >= 4 is 38.3 Å². The molecule has 3 rings (SSSR count). The third kappa shape index (κ3) is 5.58. The fraction of sp³-hybridized carbons (Fsp3) is 0.250. The van der Waals surface area contributed by atoms with Crippen LogP contribution in [0.5, 0.6) is 17.5 Å². The quantitative estimate of drug-likeness (QED) is 0.584. The molecule has 0 aliphatic rings. The van der Waals surface area contributed by atoms with E-state index in [1.807, 2.05) is 18.6 Å². The molecule has 2 heterocycles. The van der Waals surface area contributed by atoms with E-state index in [1.165, 1.54) is 18.5 Å². The van der Waals surface area contributed by atoms with Crippen molar-refractivity contribution in [1.29, 1.82) is 0 Å². The summed E-state index contributed by atoms with van der Waals surface area (Å²) < 4.78 is 35.9. The SMILES string of the molecule is CC(C)COc1ncc(Oc2nccc3cc(C(=O)NS(C)(=O)=O)ccc23)cc1Cl. The molecular formula is C20H20ClN3O5S. The highest BCUT2D eigenvalue weighted by Crippen LogP contribution is 2.32. The van der Waals surface area contributed by atoms with Gasteiger partial charge in [0.05, 0.1) is 19.1 Å². The summed E-state index contributed by atoms with van der Waals surface area (Å²) >= 11 is 6.22. The summed E-state index contributed by atoms with van der Waals surface area (Å²) in [5, 5.41) is 1.59. The van der Waals surface area contributed by atoms with Crippen LogP contribution in [0.3, 0.4) is 0 Å². The monoisotopic (exact) mass is 449 g/mol.